The molecule has 1 atom stereocenters. The number of benzene rings is 1. The first kappa shape index (κ1) is 16.3. The molecule has 1 amide bonds. The Balaban J connectivity index is 1.53. The molecule has 1 N–H and O–H groups in total. The summed E-state index contributed by atoms with van der Waals surface area (Å²) in [6.07, 6.45) is 4.28. The molecule has 0 saturated heterocycles. The van der Waals surface area contributed by atoms with Crippen LogP contribution in [0.5, 0.6) is 5.75 Å². The van der Waals surface area contributed by atoms with Crippen LogP contribution in [0.25, 0.3) is 0 Å². The van der Waals surface area contributed by atoms with Crippen molar-refractivity contribution in [3.8, 4) is 5.75 Å². The average molecular weight is 326 g/mol. The highest BCUT2D eigenvalue weighted by atomic mass is 16.5. The van der Waals surface area contributed by atoms with Gasteiger partial charge in [0.15, 0.2) is 5.76 Å². The van der Waals surface area contributed by atoms with E-state index in [1.165, 1.54) is 6.42 Å². The summed E-state index contributed by atoms with van der Waals surface area (Å²) < 4.78 is 11.1. The largest absolute Gasteiger partial charge is 0.486 e. The van der Waals surface area contributed by atoms with Crippen LogP contribution in [0.1, 0.15) is 48.9 Å². The van der Waals surface area contributed by atoms with Crippen molar-refractivity contribution in [2.24, 2.45) is 11.0 Å². The number of nitrogens with one attached hydrogen (secondary N) is 1. The van der Waals surface area contributed by atoms with E-state index in [9.17, 15) is 4.79 Å². The number of nitrogens with zero attached hydrogens (tertiary/aromatic N) is 1. The number of hydrogen-bond acceptors (Lipinski definition) is 4. The molecular weight excluding hydrogens is 304 g/mol. The van der Waals surface area contributed by atoms with Gasteiger partial charge in [-0.25, -0.2) is 5.43 Å². The van der Waals surface area contributed by atoms with E-state index in [1.807, 2.05) is 30.3 Å². The van der Waals surface area contributed by atoms with Gasteiger partial charge in [0.1, 0.15) is 18.1 Å². The zero-order chi connectivity index (χ0) is 16.8. The molecule has 5 nitrogen and oxygen atoms in total. The molecule has 0 bridgehead atoms. The minimum absolute atomic E-state index is 0.245. The van der Waals surface area contributed by atoms with Gasteiger partial charge in [0.2, 0.25) is 0 Å². The zero-order valence-electron chi connectivity index (χ0n) is 13.8. The maximum Gasteiger partial charge on any atom is 0.307 e. The van der Waals surface area contributed by atoms with E-state index in [0.717, 1.165) is 30.7 Å². The Bertz CT molecular complexity index is 706. The van der Waals surface area contributed by atoms with E-state index < -0.39 is 0 Å². The number of ether oxygens (including phenoxy) is 1. The van der Waals surface area contributed by atoms with Gasteiger partial charge < -0.3 is 9.15 Å². The molecule has 1 aromatic heterocycles. The lowest BCUT2D eigenvalue weighted by Gasteiger charge is -2.18. The average Bonchev–Trinajstić information content (AvgIpc) is 3.08. The Morgan fingerprint density at radius 1 is 1.29 bits per heavy atom. The minimum Gasteiger partial charge on any atom is -0.486 e. The molecule has 1 aliphatic rings. The van der Waals surface area contributed by atoms with Crippen LogP contribution in [0.3, 0.4) is 0 Å². The van der Waals surface area contributed by atoms with Gasteiger partial charge in [0.25, 0.3) is 0 Å². The number of rotatable bonds is 5. The lowest BCUT2D eigenvalue weighted by molar-refractivity contribution is 0.0922. The Morgan fingerprint density at radius 3 is 2.92 bits per heavy atom. The van der Waals surface area contributed by atoms with Crippen molar-refractivity contribution in [1.82, 2.24) is 5.43 Å². The summed E-state index contributed by atoms with van der Waals surface area (Å²) in [7, 11) is 0. The number of hydrazone groups is 1. The molecule has 2 aromatic rings. The van der Waals surface area contributed by atoms with Crippen LogP contribution in [0.15, 0.2) is 52.0 Å². The second-order valence-electron chi connectivity index (χ2n) is 6.19. The van der Waals surface area contributed by atoms with Crippen LogP contribution in [-0.4, -0.2) is 11.6 Å². The van der Waals surface area contributed by atoms with Crippen LogP contribution in [-0.2, 0) is 6.61 Å². The zero-order valence-corrected chi connectivity index (χ0v) is 13.8. The molecular formula is C19H22N2O3. The molecule has 1 saturated carbocycles. The highest BCUT2D eigenvalue weighted by Crippen LogP contribution is 2.21. The van der Waals surface area contributed by atoms with E-state index in [-0.39, 0.29) is 18.3 Å². The molecule has 0 aliphatic heterocycles. The summed E-state index contributed by atoms with van der Waals surface area (Å²) in [5, 5.41) is 4.24. The predicted octanol–water partition coefficient (Wildman–Crippen LogP) is 4.15. The molecule has 1 heterocycles. The first-order chi connectivity index (χ1) is 11.7. The SMILES string of the molecule is CC1CCCC(=NNC(=O)c2ccc(COc3ccccc3)o2)C1. The van der Waals surface area contributed by atoms with Crippen molar-refractivity contribution >= 4 is 11.6 Å². The fourth-order valence-electron chi connectivity index (χ4n) is 2.80. The highest BCUT2D eigenvalue weighted by Gasteiger charge is 2.15. The van der Waals surface area contributed by atoms with Gasteiger partial charge in [-0.1, -0.05) is 25.1 Å². The number of hydrogen-bond donors (Lipinski definition) is 1. The normalized spacial score (nSPS) is 19.2. The number of carbonyl (C=O) groups is 1. The van der Waals surface area contributed by atoms with E-state index >= 15 is 0 Å². The summed E-state index contributed by atoms with van der Waals surface area (Å²) in [5.74, 6) is 1.92. The summed E-state index contributed by atoms with van der Waals surface area (Å²) in [6.45, 7) is 2.49. The fourth-order valence-corrected chi connectivity index (χ4v) is 2.80. The third kappa shape index (κ3) is 4.47. The molecule has 5 heteroatoms. The first-order valence-corrected chi connectivity index (χ1v) is 8.33. The van der Waals surface area contributed by atoms with Crippen molar-refractivity contribution in [2.45, 2.75) is 39.2 Å². The third-order valence-electron chi connectivity index (χ3n) is 4.07. The van der Waals surface area contributed by atoms with E-state index in [2.05, 4.69) is 17.5 Å². The standard InChI is InChI=1S/C19H22N2O3/c1-14-6-5-7-15(12-14)20-21-19(22)18-11-10-17(24-18)13-23-16-8-3-2-4-9-16/h2-4,8-11,14H,5-7,12-13H2,1H3,(H,21,22). The van der Waals surface area contributed by atoms with Crippen LogP contribution < -0.4 is 10.2 Å². The van der Waals surface area contributed by atoms with Crippen LogP contribution in [0, 0.1) is 5.92 Å². The van der Waals surface area contributed by atoms with Crippen molar-refractivity contribution in [3.05, 3.63) is 54.0 Å². The Kier molecular flexibility index (Phi) is 5.31. The second-order valence-corrected chi connectivity index (χ2v) is 6.19. The number of furan rings is 1. The third-order valence-corrected chi connectivity index (χ3v) is 4.07. The summed E-state index contributed by atoms with van der Waals surface area (Å²) in [5.41, 5.74) is 3.65. The van der Waals surface area contributed by atoms with Gasteiger partial charge >= 0.3 is 5.91 Å². The fraction of sp³-hybridized carbons (Fsp3) is 0.368. The molecule has 0 radical (unpaired) electrons. The molecule has 24 heavy (non-hydrogen) atoms. The van der Waals surface area contributed by atoms with Crippen LogP contribution in [0.2, 0.25) is 0 Å². The van der Waals surface area contributed by atoms with Gasteiger partial charge in [0.05, 0.1) is 0 Å². The smallest absolute Gasteiger partial charge is 0.307 e. The predicted molar refractivity (Wildman–Crippen MR) is 92.0 cm³/mol. The minimum atomic E-state index is -0.327. The number of amides is 1. The van der Waals surface area contributed by atoms with Gasteiger partial charge in [-0.2, -0.15) is 5.10 Å². The molecule has 3 rings (SSSR count). The van der Waals surface area contributed by atoms with Crippen LogP contribution in [0.4, 0.5) is 0 Å². The maximum absolute atomic E-state index is 12.1. The van der Waals surface area contributed by atoms with Gasteiger partial charge in [-0.15, -0.1) is 0 Å². The number of para-hydroxylation sites is 1. The monoisotopic (exact) mass is 326 g/mol. The molecule has 0 spiro atoms. The quantitative estimate of drug-likeness (QED) is 0.839. The molecule has 126 valence electrons. The van der Waals surface area contributed by atoms with E-state index in [4.69, 9.17) is 9.15 Å². The molecule has 1 aliphatic carbocycles. The topological polar surface area (TPSA) is 63.8 Å². The van der Waals surface area contributed by atoms with Gasteiger partial charge in [-0.05, 0) is 55.9 Å². The van der Waals surface area contributed by atoms with Crippen molar-refractivity contribution in [3.63, 3.8) is 0 Å². The van der Waals surface area contributed by atoms with Gasteiger partial charge in [0, 0.05) is 5.71 Å². The molecule has 1 unspecified atom stereocenters. The van der Waals surface area contributed by atoms with E-state index in [0.29, 0.717) is 11.7 Å². The Morgan fingerprint density at radius 2 is 2.12 bits per heavy atom. The summed E-state index contributed by atoms with van der Waals surface area (Å²) in [6, 6.07) is 12.9. The van der Waals surface area contributed by atoms with Gasteiger partial charge in [-0.3, -0.25) is 4.79 Å². The molecule has 1 aromatic carbocycles. The van der Waals surface area contributed by atoms with Crippen LogP contribution >= 0.6 is 0 Å². The lowest BCUT2D eigenvalue weighted by atomic mass is 9.89. The summed E-state index contributed by atoms with van der Waals surface area (Å²) in [4.78, 5) is 12.1. The maximum atomic E-state index is 12.1. The second kappa shape index (κ2) is 7.81. The van der Waals surface area contributed by atoms with E-state index in [1.54, 1.807) is 12.1 Å². The number of carbonyl (C=O) groups excluding carboxylic acids is 1. The van der Waals surface area contributed by atoms with Crippen molar-refractivity contribution in [2.75, 3.05) is 0 Å². The van der Waals surface area contributed by atoms with Crippen molar-refractivity contribution in [1.29, 1.82) is 0 Å². The Labute approximate surface area is 141 Å². The highest BCUT2D eigenvalue weighted by molar-refractivity contribution is 5.93. The first-order valence-electron chi connectivity index (χ1n) is 8.33. The molecule has 1 fully saturated rings. The van der Waals surface area contributed by atoms with Crippen molar-refractivity contribution < 1.29 is 13.9 Å². The lowest BCUT2D eigenvalue weighted by Crippen LogP contribution is -2.21. The summed E-state index contributed by atoms with van der Waals surface area (Å²) >= 11 is 0. The Hall–Kier alpha value is -2.56.